The number of carboxylic acid groups (broad SMARTS) is 1. The van der Waals surface area contributed by atoms with E-state index < -0.39 is 68.2 Å². The number of nitrogens with zero attached hydrogens (tertiary/aromatic N) is 4. The number of carbonyl (C=O) groups is 1. The Morgan fingerprint density at radius 2 is 1.14 bits per heavy atom. The topological polar surface area (TPSA) is 302 Å². The lowest BCUT2D eigenvalue weighted by atomic mass is 10.1. The summed E-state index contributed by atoms with van der Waals surface area (Å²) < 4.78 is 102. The van der Waals surface area contributed by atoms with Crippen LogP contribution in [-0.4, -0.2) is 60.2 Å². The smallest absolute Gasteiger partial charge is 0.335 e. The Labute approximate surface area is 327 Å². The van der Waals surface area contributed by atoms with Crippen LogP contribution in [-0.2, 0) is 30.4 Å². The van der Waals surface area contributed by atoms with Crippen molar-refractivity contribution in [3.05, 3.63) is 115 Å². The number of nitrogens with one attached hydrogen (secondary N) is 1. The van der Waals surface area contributed by atoms with E-state index in [4.69, 9.17) is 0 Å². The van der Waals surface area contributed by atoms with Crippen LogP contribution in [0, 0.1) is 0 Å². The van der Waals surface area contributed by atoms with Gasteiger partial charge in [0, 0.05) is 39.0 Å². The standard InChI is InChI=1S/C37H25N5O13S3/c43-33-18-26(57(50,51)52)13-20-4-8-24(16-28(20)33)39-40-31-11-12-32(30-17-25(56(47,48)49)9-10-27(30)31)41-42-35-34(58(53,54)55)14-21-3-7-23(15-29(21)36(35)44)38-22-5-1-19(2-6-22)37(45)46/h1-18,38,43-44H,(H,45,46)(H,47,48,49)(H,50,51,52)(H,53,54,55). The average Bonchev–Trinajstić information content (AvgIpc) is 3.16. The molecule has 18 nitrogen and oxygen atoms in total. The molecule has 0 aliphatic carbocycles. The summed E-state index contributed by atoms with van der Waals surface area (Å²) in [6.45, 7) is 0. The van der Waals surface area contributed by atoms with E-state index >= 15 is 0 Å². The number of aromatic carboxylic acids is 1. The van der Waals surface area contributed by atoms with E-state index in [-0.39, 0.29) is 54.9 Å². The fourth-order valence-electron chi connectivity index (χ4n) is 5.93. The maximum atomic E-state index is 12.5. The lowest BCUT2D eigenvalue weighted by Gasteiger charge is -2.12. The highest BCUT2D eigenvalue weighted by atomic mass is 32.2. The molecule has 0 aliphatic heterocycles. The molecule has 0 heterocycles. The molecule has 0 fully saturated rings. The second kappa shape index (κ2) is 14.6. The zero-order valence-corrected chi connectivity index (χ0v) is 31.4. The largest absolute Gasteiger partial charge is 0.507 e. The fraction of sp³-hybridized carbons (Fsp3) is 0. The van der Waals surface area contributed by atoms with Gasteiger partial charge in [0.15, 0.2) is 5.75 Å². The number of hydrogen-bond acceptors (Lipinski definition) is 14. The first-order chi connectivity index (χ1) is 27.3. The number of carboxylic acids is 1. The number of benzene rings is 7. The van der Waals surface area contributed by atoms with E-state index in [2.05, 4.69) is 25.8 Å². The lowest BCUT2D eigenvalue weighted by molar-refractivity contribution is 0.0696. The molecule has 0 atom stereocenters. The summed E-state index contributed by atoms with van der Waals surface area (Å²) in [6, 6.07) is 23.7. The minimum Gasteiger partial charge on any atom is -0.507 e. The van der Waals surface area contributed by atoms with Crippen LogP contribution in [0.2, 0.25) is 0 Å². The number of phenols is 2. The predicted octanol–water partition coefficient (Wildman–Crippen LogP) is 8.57. The van der Waals surface area contributed by atoms with Crippen LogP contribution in [0.15, 0.2) is 144 Å². The minimum absolute atomic E-state index is 0.0123. The summed E-state index contributed by atoms with van der Waals surface area (Å²) in [5.74, 6) is -2.28. The number of hydrogen-bond donors (Lipinski definition) is 7. The van der Waals surface area contributed by atoms with E-state index in [1.807, 2.05) is 0 Å². The maximum absolute atomic E-state index is 12.5. The molecule has 0 aromatic heterocycles. The van der Waals surface area contributed by atoms with Crippen LogP contribution in [0.4, 0.5) is 34.1 Å². The van der Waals surface area contributed by atoms with Gasteiger partial charge in [-0.25, -0.2) is 4.79 Å². The summed E-state index contributed by atoms with van der Waals surface area (Å²) in [5, 5.41) is 51.4. The molecule has 0 saturated carbocycles. The van der Waals surface area contributed by atoms with E-state index in [9.17, 15) is 59.0 Å². The van der Waals surface area contributed by atoms with Crippen LogP contribution in [0.3, 0.4) is 0 Å². The third-order valence-electron chi connectivity index (χ3n) is 8.71. The molecule has 0 unspecified atom stereocenters. The number of azo groups is 2. The van der Waals surface area contributed by atoms with Gasteiger partial charge in [0.25, 0.3) is 30.4 Å². The molecule has 0 saturated heterocycles. The van der Waals surface area contributed by atoms with Gasteiger partial charge in [-0.2, -0.15) is 30.4 Å². The van der Waals surface area contributed by atoms with Crippen LogP contribution >= 0.6 is 0 Å². The van der Waals surface area contributed by atoms with Crippen molar-refractivity contribution in [1.29, 1.82) is 0 Å². The molecule has 0 amide bonds. The Kier molecular flexibility index (Phi) is 9.88. The van der Waals surface area contributed by atoms with Gasteiger partial charge < -0.3 is 20.6 Å². The van der Waals surface area contributed by atoms with Crippen molar-refractivity contribution in [2.75, 3.05) is 5.32 Å². The molecule has 294 valence electrons. The van der Waals surface area contributed by atoms with Crippen molar-refractivity contribution in [1.82, 2.24) is 0 Å². The van der Waals surface area contributed by atoms with Crippen LogP contribution in [0.25, 0.3) is 32.3 Å². The number of rotatable bonds is 10. The van der Waals surface area contributed by atoms with Crippen LogP contribution in [0.5, 0.6) is 11.5 Å². The van der Waals surface area contributed by atoms with Crippen molar-refractivity contribution in [2.24, 2.45) is 20.5 Å². The van der Waals surface area contributed by atoms with Gasteiger partial charge in [-0.3, -0.25) is 13.7 Å². The van der Waals surface area contributed by atoms with E-state index in [0.29, 0.717) is 11.4 Å². The summed E-state index contributed by atoms with van der Waals surface area (Å²) in [7, 11) is -14.4. The molecule has 7 aromatic carbocycles. The quantitative estimate of drug-likeness (QED) is 0.0501. The highest BCUT2D eigenvalue weighted by Crippen LogP contribution is 2.44. The first-order valence-corrected chi connectivity index (χ1v) is 20.6. The summed E-state index contributed by atoms with van der Waals surface area (Å²) >= 11 is 0. The van der Waals surface area contributed by atoms with Gasteiger partial charge >= 0.3 is 5.97 Å². The maximum Gasteiger partial charge on any atom is 0.335 e. The van der Waals surface area contributed by atoms with Crippen molar-refractivity contribution < 1.29 is 59.0 Å². The molecule has 0 radical (unpaired) electrons. The Morgan fingerprint density at radius 1 is 0.517 bits per heavy atom. The lowest BCUT2D eigenvalue weighted by Crippen LogP contribution is -1.99. The van der Waals surface area contributed by atoms with Gasteiger partial charge in [0.2, 0.25) is 0 Å². The molecule has 0 aliphatic rings. The molecule has 58 heavy (non-hydrogen) atoms. The monoisotopic (exact) mass is 843 g/mol. The third-order valence-corrected chi connectivity index (χ3v) is 11.3. The van der Waals surface area contributed by atoms with Crippen molar-refractivity contribution in [3.8, 4) is 11.5 Å². The number of aromatic hydroxyl groups is 2. The number of phenolic OH excluding ortho intramolecular Hbond substituents is 2. The van der Waals surface area contributed by atoms with E-state index in [1.165, 1.54) is 72.8 Å². The zero-order valence-electron chi connectivity index (χ0n) is 28.9. The molecule has 7 rings (SSSR count). The van der Waals surface area contributed by atoms with Gasteiger partial charge in [0.1, 0.15) is 16.3 Å². The van der Waals surface area contributed by atoms with E-state index in [1.54, 1.807) is 6.07 Å². The van der Waals surface area contributed by atoms with Gasteiger partial charge in [-0.1, -0.05) is 18.2 Å². The molecule has 0 spiro atoms. The third kappa shape index (κ3) is 8.02. The first-order valence-electron chi connectivity index (χ1n) is 16.3. The fourth-order valence-corrected chi connectivity index (χ4v) is 7.63. The SMILES string of the molecule is O=C(O)c1ccc(Nc2ccc3cc(S(=O)(=O)O)c(N=Nc4ccc(N=Nc5ccc6cc(S(=O)(=O)O)cc(O)c6c5)c5ccc(S(=O)(=O)O)cc45)c(O)c3c2)cc1. The summed E-state index contributed by atoms with van der Waals surface area (Å²) in [4.78, 5) is 9.34. The highest BCUT2D eigenvalue weighted by molar-refractivity contribution is 7.86. The molecule has 21 heteroatoms. The Bertz CT molecular complexity index is 3280. The van der Waals surface area contributed by atoms with Gasteiger partial charge in [-0.05, 0) is 95.7 Å². The van der Waals surface area contributed by atoms with Crippen molar-refractivity contribution >= 4 is 103 Å². The second-order valence-electron chi connectivity index (χ2n) is 12.5. The second-order valence-corrected chi connectivity index (χ2v) is 16.7. The van der Waals surface area contributed by atoms with Gasteiger partial charge in [-0.15, -0.1) is 15.3 Å². The van der Waals surface area contributed by atoms with Crippen LogP contribution < -0.4 is 5.32 Å². The first kappa shape index (κ1) is 39.4. The average molecular weight is 844 g/mol. The Hall–Kier alpha value is -6.88. The van der Waals surface area contributed by atoms with E-state index in [0.717, 1.165) is 30.3 Å². The molecule has 7 N–H and O–H groups in total. The van der Waals surface area contributed by atoms with Crippen LogP contribution in [0.1, 0.15) is 10.4 Å². The molecular weight excluding hydrogens is 819 g/mol. The summed E-state index contributed by atoms with van der Waals surface area (Å²) in [5.41, 5.74) is 0.482. The summed E-state index contributed by atoms with van der Waals surface area (Å²) in [6.07, 6.45) is 0. The normalized spacial score (nSPS) is 12.6. The number of fused-ring (bicyclic) bond motifs is 3. The van der Waals surface area contributed by atoms with Crippen molar-refractivity contribution in [3.63, 3.8) is 0 Å². The molecule has 0 bridgehead atoms. The number of anilines is 2. The highest BCUT2D eigenvalue weighted by Gasteiger charge is 2.23. The molecule has 7 aromatic rings. The molecular formula is C37H25N5O13S3. The Morgan fingerprint density at radius 3 is 1.79 bits per heavy atom. The minimum atomic E-state index is -5.03. The Balaban J connectivity index is 1.30. The van der Waals surface area contributed by atoms with Gasteiger partial charge in [0.05, 0.1) is 32.4 Å². The predicted molar refractivity (Wildman–Crippen MR) is 210 cm³/mol. The van der Waals surface area contributed by atoms with Crippen molar-refractivity contribution in [2.45, 2.75) is 14.7 Å². The zero-order chi connectivity index (χ0) is 41.7.